The summed E-state index contributed by atoms with van der Waals surface area (Å²) in [6.07, 6.45) is -20.7. The molecule has 1 unspecified atom stereocenters. The van der Waals surface area contributed by atoms with Gasteiger partial charge in [-0.3, -0.25) is 4.79 Å². The molecule has 15 heteroatoms. The third-order valence-corrected chi connectivity index (χ3v) is 6.40. The quantitative estimate of drug-likeness (QED) is 0.205. The highest BCUT2D eigenvalue weighted by Crippen LogP contribution is 2.43. The summed E-state index contributed by atoms with van der Waals surface area (Å²) < 4.78 is 168. The van der Waals surface area contributed by atoms with Crippen LogP contribution < -0.4 is 5.32 Å². The maximum Gasteiger partial charge on any atom is 0.418 e. The first-order valence-corrected chi connectivity index (χ1v) is 12.6. The number of carbonyl (C=O) groups is 1. The van der Waals surface area contributed by atoms with Crippen molar-refractivity contribution in [1.82, 2.24) is 0 Å². The number of hydrogen-bond donors (Lipinski definition) is 1. The second-order valence-electron chi connectivity index (χ2n) is 10.2. The number of methoxy groups -OCH3 is 1. The normalized spacial score (nSPS) is 13.6. The summed E-state index contributed by atoms with van der Waals surface area (Å²) in [6, 6.07) is 4.16. The number of halogens is 12. The van der Waals surface area contributed by atoms with E-state index in [1.807, 2.05) is 0 Å². The third-order valence-electron chi connectivity index (χ3n) is 6.40. The van der Waals surface area contributed by atoms with E-state index in [-0.39, 0.29) is 42.2 Å². The Kier molecular flexibility index (Phi) is 9.61. The second kappa shape index (κ2) is 12.2. The summed E-state index contributed by atoms with van der Waals surface area (Å²) in [6.45, 7) is 3.36. The van der Waals surface area contributed by atoms with Gasteiger partial charge in [0.25, 0.3) is 0 Å². The number of nitrogens with one attached hydrogen (secondary N) is 1. The van der Waals surface area contributed by atoms with Gasteiger partial charge in [0.15, 0.2) is 0 Å². The molecule has 0 fully saturated rings. The summed E-state index contributed by atoms with van der Waals surface area (Å²) in [5.41, 5.74) is -9.11. The third kappa shape index (κ3) is 8.38. The molecule has 1 atom stereocenters. The van der Waals surface area contributed by atoms with Crippen molar-refractivity contribution in [2.45, 2.75) is 50.9 Å². The minimum absolute atomic E-state index is 0.0311. The van der Waals surface area contributed by atoms with Crippen LogP contribution in [0.1, 0.15) is 54.0 Å². The first-order chi connectivity index (χ1) is 20.0. The van der Waals surface area contributed by atoms with Gasteiger partial charge in [-0.15, -0.1) is 0 Å². The van der Waals surface area contributed by atoms with Crippen molar-refractivity contribution in [3.8, 4) is 11.1 Å². The molecule has 0 heterocycles. The lowest BCUT2D eigenvalue weighted by molar-refractivity contribution is -0.144. The van der Waals surface area contributed by atoms with Crippen LogP contribution >= 0.6 is 0 Å². The molecule has 0 radical (unpaired) electrons. The minimum atomic E-state index is -5.24. The Morgan fingerprint density at radius 1 is 0.682 bits per heavy atom. The van der Waals surface area contributed by atoms with Crippen molar-refractivity contribution < 1.29 is 62.2 Å². The number of carbonyl (C=O) groups excluding carboxylic acids is 1. The Morgan fingerprint density at radius 2 is 1.20 bits per heavy atom. The van der Waals surface area contributed by atoms with E-state index in [1.54, 1.807) is 13.8 Å². The number of alkyl halides is 12. The molecule has 0 saturated heterocycles. The van der Waals surface area contributed by atoms with E-state index >= 15 is 0 Å². The molecule has 44 heavy (non-hydrogen) atoms. The number of anilines is 2. The predicted octanol–water partition coefficient (Wildman–Crippen LogP) is 10.5. The summed E-state index contributed by atoms with van der Waals surface area (Å²) in [7, 11) is 1.01. The molecule has 3 aromatic rings. The van der Waals surface area contributed by atoms with Crippen molar-refractivity contribution in [3.63, 3.8) is 0 Å². The fraction of sp³-hybridized carbons (Fsp3) is 0.345. The molecule has 0 aliphatic heterocycles. The predicted molar refractivity (Wildman–Crippen MR) is 136 cm³/mol. The molecule has 0 aliphatic rings. The van der Waals surface area contributed by atoms with Crippen molar-refractivity contribution in [2.75, 3.05) is 12.4 Å². The van der Waals surface area contributed by atoms with E-state index in [1.165, 1.54) is 0 Å². The molecule has 0 aliphatic carbocycles. The van der Waals surface area contributed by atoms with Crippen LogP contribution in [0.4, 0.5) is 64.1 Å². The van der Waals surface area contributed by atoms with Gasteiger partial charge in [0.05, 0.1) is 41.0 Å². The van der Waals surface area contributed by atoms with Gasteiger partial charge in [0.1, 0.15) is 0 Å². The largest absolute Gasteiger partial charge is 0.469 e. The Hall–Kier alpha value is -3.91. The molecule has 0 saturated carbocycles. The van der Waals surface area contributed by atoms with Crippen LogP contribution in [-0.2, 0) is 34.2 Å². The Bertz CT molecular complexity index is 1470. The van der Waals surface area contributed by atoms with Gasteiger partial charge in [-0.2, -0.15) is 52.7 Å². The first kappa shape index (κ1) is 34.6. The van der Waals surface area contributed by atoms with Gasteiger partial charge in [0, 0.05) is 5.69 Å². The van der Waals surface area contributed by atoms with E-state index in [0.717, 1.165) is 25.3 Å². The lowest BCUT2D eigenvalue weighted by Crippen LogP contribution is -2.17. The van der Waals surface area contributed by atoms with E-state index in [9.17, 15) is 57.5 Å². The number of rotatable bonds is 7. The molecule has 3 nitrogen and oxygen atoms in total. The van der Waals surface area contributed by atoms with Crippen LogP contribution in [0.2, 0.25) is 0 Å². The number of benzene rings is 3. The van der Waals surface area contributed by atoms with Gasteiger partial charge in [-0.25, -0.2) is 0 Å². The lowest BCUT2D eigenvalue weighted by Gasteiger charge is -2.22. The maximum atomic E-state index is 13.7. The van der Waals surface area contributed by atoms with Crippen molar-refractivity contribution >= 4 is 17.3 Å². The minimum Gasteiger partial charge on any atom is -0.469 e. The van der Waals surface area contributed by atoms with Crippen LogP contribution in [-0.4, -0.2) is 13.1 Å². The van der Waals surface area contributed by atoms with Gasteiger partial charge < -0.3 is 10.1 Å². The van der Waals surface area contributed by atoms with Crippen LogP contribution in [0.5, 0.6) is 0 Å². The number of ether oxygens (including phenoxy) is 1. The lowest BCUT2D eigenvalue weighted by atomic mass is 9.87. The molecule has 1 N–H and O–H groups in total. The highest BCUT2D eigenvalue weighted by molar-refractivity contribution is 5.81. The molecule has 0 amide bonds. The van der Waals surface area contributed by atoms with Gasteiger partial charge >= 0.3 is 30.7 Å². The van der Waals surface area contributed by atoms with E-state index in [4.69, 9.17) is 4.74 Å². The van der Waals surface area contributed by atoms with Gasteiger partial charge in [-0.1, -0.05) is 19.9 Å². The van der Waals surface area contributed by atoms with Crippen LogP contribution in [0.15, 0.2) is 54.6 Å². The van der Waals surface area contributed by atoms with E-state index in [2.05, 4.69) is 5.32 Å². The zero-order valence-corrected chi connectivity index (χ0v) is 22.9. The standard InChI is InChI=1S/C29H23F12NO2/c1-14(2)6-22(25(43)44-3)17-7-15(16-8-19(27(33,34)35)12-20(9-16)28(36,37)38)10-21(11-17)42-24-13-18(26(30,31)32)4-5-23(24)29(39,40)41/h4-5,7-14,22,42H,6H2,1-3H3. The molecule has 3 rings (SSSR count). The Morgan fingerprint density at radius 3 is 1.66 bits per heavy atom. The Labute approximate surface area is 242 Å². The highest BCUT2D eigenvalue weighted by Gasteiger charge is 2.39. The topological polar surface area (TPSA) is 38.3 Å². The molecule has 240 valence electrons. The zero-order valence-electron chi connectivity index (χ0n) is 22.9. The van der Waals surface area contributed by atoms with Crippen molar-refractivity contribution in [2.24, 2.45) is 5.92 Å². The number of esters is 1. The van der Waals surface area contributed by atoms with Crippen LogP contribution in [0.3, 0.4) is 0 Å². The average Bonchev–Trinajstić information content (AvgIpc) is 2.88. The van der Waals surface area contributed by atoms with Crippen molar-refractivity contribution in [1.29, 1.82) is 0 Å². The number of hydrogen-bond acceptors (Lipinski definition) is 3. The summed E-state index contributed by atoms with van der Waals surface area (Å²) in [5.74, 6) is -2.31. The highest BCUT2D eigenvalue weighted by atomic mass is 19.4. The molecule has 0 aromatic heterocycles. The van der Waals surface area contributed by atoms with Gasteiger partial charge in [0.2, 0.25) is 0 Å². The molecular weight excluding hydrogens is 622 g/mol. The van der Waals surface area contributed by atoms with Crippen LogP contribution in [0.25, 0.3) is 11.1 Å². The fourth-order valence-electron chi connectivity index (χ4n) is 4.42. The molecule has 3 aromatic carbocycles. The maximum absolute atomic E-state index is 13.7. The van der Waals surface area contributed by atoms with Gasteiger partial charge in [-0.05, 0) is 77.6 Å². The van der Waals surface area contributed by atoms with Crippen LogP contribution in [0, 0.1) is 5.92 Å². The summed E-state index contributed by atoms with van der Waals surface area (Å²) in [5, 5.41) is 2.18. The van der Waals surface area contributed by atoms with E-state index in [0.29, 0.717) is 12.1 Å². The fourth-order valence-corrected chi connectivity index (χ4v) is 4.42. The smallest absolute Gasteiger partial charge is 0.418 e. The monoisotopic (exact) mass is 645 g/mol. The summed E-state index contributed by atoms with van der Waals surface area (Å²) in [4.78, 5) is 12.7. The van der Waals surface area contributed by atoms with Crippen molar-refractivity contribution in [3.05, 3.63) is 82.4 Å². The Balaban J connectivity index is 2.36. The average molecular weight is 645 g/mol. The molecular formula is C29H23F12NO2. The molecule has 0 spiro atoms. The zero-order chi connectivity index (χ0) is 33.4. The SMILES string of the molecule is COC(=O)C(CC(C)C)c1cc(Nc2cc(C(F)(F)F)ccc2C(F)(F)F)cc(-c2cc(C(F)(F)F)cc(C(F)(F)F)c2)c1. The second-order valence-corrected chi connectivity index (χ2v) is 10.2. The first-order valence-electron chi connectivity index (χ1n) is 12.6. The summed E-state index contributed by atoms with van der Waals surface area (Å²) >= 11 is 0. The molecule has 0 bridgehead atoms. The van der Waals surface area contributed by atoms with E-state index < -0.39 is 81.3 Å².